The summed E-state index contributed by atoms with van der Waals surface area (Å²) in [4.78, 5) is 32.7. The number of benzene rings is 1. The van der Waals surface area contributed by atoms with E-state index in [1.54, 1.807) is 42.3 Å². The Hall–Kier alpha value is -2.67. The first-order chi connectivity index (χ1) is 11.6. The predicted molar refractivity (Wildman–Crippen MR) is 88.2 cm³/mol. The number of ether oxygens (including phenoxy) is 2. The molecular formula is C17H19N3O4. The van der Waals surface area contributed by atoms with E-state index in [1.165, 1.54) is 0 Å². The maximum absolute atomic E-state index is 12.6. The van der Waals surface area contributed by atoms with Gasteiger partial charge in [0.1, 0.15) is 11.4 Å². The quantitative estimate of drug-likeness (QED) is 0.918. The fraction of sp³-hybridized carbons (Fsp3) is 0.353. The van der Waals surface area contributed by atoms with Crippen LogP contribution in [0.1, 0.15) is 17.4 Å². The Bertz CT molecular complexity index is 785. The number of aromatic nitrogens is 2. The standard InChI is InChI=1S/C17H19N3O4/c1-11-10-20(7-8-24-11)16(21)15-9-14(18-17(22)19-15)12-3-5-13(23-2)6-4-12/h3-6,9,11H,7-8,10H2,1-2H3,(H,18,19,22). The van der Waals surface area contributed by atoms with Gasteiger partial charge in [0.25, 0.3) is 5.91 Å². The third kappa shape index (κ3) is 3.46. The largest absolute Gasteiger partial charge is 0.497 e. The van der Waals surface area contributed by atoms with Crippen LogP contribution in [0.2, 0.25) is 0 Å². The highest BCUT2D eigenvalue weighted by Gasteiger charge is 2.23. The van der Waals surface area contributed by atoms with Crippen LogP contribution < -0.4 is 10.4 Å². The fourth-order valence-electron chi connectivity index (χ4n) is 2.66. The average Bonchev–Trinajstić information content (AvgIpc) is 2.60. The van der Waals surface area contributed by atoms with Gasteiger partial charge in [-0.15, -0.1) is 0 Å². The Morgan fingerprint density at radius 3 is 2.79 bits per heavy atom. The summed E-state index contributed by atoms with van der Waals surface area (Å²) in [5.74, 6) is 0.488. The molecule has 1 unspecified atom stereocenters. The first-order valence-corrected chi connectivity index (χ1v) is 7.73. The highest BCUT2D eigenvalue weighted by atomic mass is 16.5. The fourth-order valence-corrected chi connectivity index (χ4v) is 2.66. The van der Waals surface area contributed by atoms with Gasteiger partial charge in [-0.25, -0.2) is 4.79 Å². The van der Waals surface area contributed by atoms with E-state index in [0.29, 0.717) is 31.1 Å². The van der Waals surface area contributed by atoms with Gasteiger partial charge in [-0.05, 0) is 37.3 Å². The smallest absolute Gasteiger partial charge is 0.346 e. The van der Waals surface area contributed by atoms with Crippen LogP contribution in [0.25, 0.3) is 11.3 Å². The zero-order valence-corrected chi connectivity index (χ0v) is 13.6. The lowest BCUT2D eigenvalue weighted by atomic mass is 10.1. The van der Waals surface area contributed by atoms with E-state index in [-0.39, 0.29) is 17.7 Å². The molecule has 1 aliphatic rings. The molecule has 1 aromatic heterocycles. The van der Waals surface area contributed by atoms with E-state index in [9.17, 15) is 9.59 Å². The van der Waals surface area contributed by atoms with Crippen LogP contribution in [0, 0.1) is 0 Å². The minimum Gasteiger partial charge on any atom is -0.497 e. The molecule has 2 aromatic rings. The number of aromatic amines is 1. The molecule has 0 aliphatic carbocycles. The molecule has 3 rings (SSSR count). The van der Waals surface area contributed by atoms with Gasteiger partial charge in [0.2, 0.25) is 0 Å². The molecule has 0 bridgehead atoms. The number of carbonyl (C=O) groups excluding carboxylic acids is 1. The Balaban J connectivity index is 1.90. The van der Waals surface area contributed by atoms with Crippen molar-refractivity contribution in [2.45, 2.75) is 13.0 Å². The molecule has 1 aromatic carbocycles. The number of carbonyl (C=O) groups is 1. The van der Waals surface area contributed by atoms with Crippen molar-refractivity contribution in [3.63, 3.8) is 0 Å². The van der Waals surface area contributed by atoms with Gasteiger partial charge in [0.05, 0.1) is 25.5 Å². The third-order valence-corrected chi connectivity index (χ3v) is 3.89. The zero-order valence-electron chi connectivity index (χ0n) is 13.6. The second-order valence-electron chi connectivity index (χ2n) is 5.65. The zero-order chi connectivity index (χ0) is 17.1. The number of rotatable bonds is 3. The van der Waals surface area contributed by atoms with Crippen molar-refractivity contribution in [2.75, 3.05) is 26.8 Å². The van der Waals surface area contributed by atoms with Crippen LogP contribution in [-0.2, 0) is 4.74 Å². The van der Waals surface area contributed by atoms with Crippen LogP contribution in [-0.4, -0.2) is 53.7 Å². The van der Waals surface area contributed by atoms with Crippen molar-refractivity contribution in [2.24, 2.45) is 0 Å². The molecule has 1 aliphatic heterocycles. The Morgan fingerprint density at radius 1 is 1.38 bits per heavy atom. The highest BCUT2D eigenvalue weighted by Crippen LogP contribution is 2.20. The molecule has 1 saturated heterocycles. The van der Waals surface area contributed by atoms with Crippen molar-refractivity contribution < 1.29 is 14.3 Å². The lowest BCUT2D eigenvalue weighted by Gasteiger charge is -2.31. The maximum Gasteiger partial charge on any atom is 0.346 e. The first kappa shape index (κ1) is 16.2. The van der Waals surface area contributed by atoms with E-state index in [0.717, 1.165) is 5.56 Å². The van der Waals surface area contributed by atoms with Gasteiger partial charge in [-0.3, -0.25) is 4.79 Å². The monoisotopic (exact) mass is 329 g/mol. The minimum absolute atomic E-state index is 0.0164. The first-order valence-electron chi connectivity index (χ1n) is 7.73. The van der Waals surface area contributed by atoms with E-state index in [1.807, 2.05) is 6.92 Å². The number of morpholine rings is 1. The van der Waals surface area contributed by atoms with Crippen molar-refractivity contribution in [3.8, 4) is 17.0 Å². The second kappa shape index (κ2) is 6.84. The second-order valence-corrected chi connectivity index (χ2v) is 5.65. The van der Waals surface area contributed by atoms with Gasteiger partial charge in [-0.1, -0.05) is 0 Å². The lowest BCUT2D eigenvalue weighted by molar-refractivity contribution is -0.0126. The molecule has 126 valence electrons. The lowest BCUT2D eigenvalue weighted by Crippen LogP contribution is -2.45. The molecule has 24 heavy (non-hydrogen) atoms. The van der Waals surface area contributed by atoms with E-state index in [4.69, 9.17) is 9.47 Å². The molecule has 0 saturated carbocycles. The summed E-state index contributed by atoms with van der Waals surface area (Å²) in [7, 11) is 1.58. The minimum atomic E-state index is -0.548. The molecular weight excluding hydrogens is 310 g/mol. The van der Waals surface area contributed by atoms with E-state index >= 15 is 0 Å². The maximum atomic E-state index is 12.6. The molecule has 1 N–H and O–H groups in total. The van der Waals surface area contributed by atoms with Crippen molar-refractivity contribution in [3.05, 3.63) is 46.5 Å². The number of hydrogen-bond acceptors (Lipinski definition) is 5. The summed E-state index contributed by atoms with van der Waals surface area (Å²) in [6, 6.07) is 8.76. The van der Waals surface area contributed by atoms with Crippen LogP contribution in [0.15, 0.2) is 35.1 Å². The van der Waals surface area contributed by atoms with Crippen LogP contribution in [0.5, 0.6) is 5.75 Å². The summed E-state index contributed by atoms with van der Waals surface area (Å²) in [6.07, 6.45) is -0.0164. The van der Waals surface area contributed by atoms with E-state index < -0.39 is 5.69 Å². The molecule has 1 atom stereocenters. The van der Waals surface area contributed by atoms with Crippen molar-refractivity contribution in [1.29, 1.82) is 0 Å². The average molecular weight is 329 g/mol. The number of H-pyrrole nitrogens is 1. The van der Waals surface area contributed by atoms with Crippen LogP contribution in [0.4, 0.5) is 0 Å². The van der Waals surface area contributed by atoms with Crippen LogP contribution in [0.3, 0.4) is 0 Å². The number of methoxy groups -OCH3 is 1. The summed E-state index contributed by atoms with van der Waals surface area (Å²) in [6.45, 7) is 3.41. The topological polar surface area (TPSA) is 84.5 Å². The molecule has 1 amide bonds. The van der Waals surface area contributed by atoms with Gasteiger partial charge >= 0.3 is 5.69 Å². The normalized spacial score (nSPS) is 17.6. The Morgan fingerprint density at radius 2 is 2.12 bits per heavy atom. The summed E-state index contributed by atoms with van der Waals surface area (Å²) < 4.78 is 10.6. The summed E-state index contributed by atoms with van der Waals surface area (Å²) in [5, 5.41) is 0. The number of nitrogens with one attached hydrogen (secondary N) is 1. The Labute approximate surface area is 139 Å². The van der Waals surface area contributed by atoms with Gasteiger partial charge in [0.15, 0.2) is 0 Å². The summed E-state index contributed by atoms with van der Waals surface area (Å²) in [5.41, 5.74) is 0.875. The Kier molecular flexibility index (Phi) is 4.61. The van der Waals surface area contributed by atoms with Gasteiger partial charge in [-0.2, -0.15) is 4.98 Å². The highest BCUT2D eigenvalue weighted by molar-refractivity contribution is 5.93. The molecule has 0 radical (unpaired) electrons. The molecule has 0 spiro atoms. The number of hydrogen-bond donors (Lipinski definition) is 1. The third-order valence-electron chi connectivity index (χ3n) is 3.89. The molecule has 7 nitrogen and oxygen atoms in total. The molecule has 7 heteroatoms. The van der Waals surface area contributed by atoms with E-state index in [2.05, 4.69) is 9.97 Å². The summed E-state index contributed by atoms with van der Waals surface area (Å²) >= 11 is 0. The molecule has 1 fully saturated rings. The van der Waals surface area contributed by atoms with Crippen molar-refractivity contribution >= 4 is 5.91 Å². The number of nitrogens with zero attached hydrogens (tertiary/aromatic N) is 2. The SMILES string of the molecule is COc1ccc(-c2cc(C(=O)N3CCOC(C)C3)[nH]c(=O)n2)cc1. The number of amides is 1. The molecule has 2 heterocycles. The predicted octanol–water partition coefficient (Wildman–Crippen LogP) is 1.31. The van der Waals surface area contributed by atoms with Crippen molar-refractivity contribution in [1.82, 2.24) is 14.9 Å². The van der Waals surface area contributed by atoms with Gasteiger partial charge in [0, 0.05) is 18.7 Å². The van der Waals surface area contributed by atoms with Crippen LogP contribution >= 0.6 is 0 Å². The van der Waals surface area contributed by atoms with Gasteiger partial charge < -0.3 is 19.4 Å².